The van der Waals surface area contributed by atoms with Gasteiger partial charge in [-0.2, -0.15) is 0 Å². The molecule has 2 N–H and O–H groups in total. The molecule has 4 rings (SSSR count). The number of amides is 1. The van der Waals surface area contributed by atoms with Crippen molar-refractivity contribution in [3.8, 4) is 17.2 Å². The molecule has 4 aromatic rings. The molecule has 0 saturated heterocycles. The number of aromatic nitrogens is 1. The second-order valence-corrected chi connectivity index (χ2v) is 9.51. The zero-order valence-electron chi connectivity index (χ0n) is 19.5. The van der Waals surface area contributed by atoms with E-state index in [1.54, 1.807) is 25.1 Å². The van der Waals surface area contributed by atoms with Gasteiger partial charge >= 0.3 is 0 Å². The van der Waals surface area contributed by atoms with Crippen LogP contribution in [0.25, 0.3) is 22.6 Å². The summed E-state index contributed by atoms with van der Waals surface area (Å²) in [5.41, 5.74) is 6.17. The summed E-state index contributed by atoms with van der Waals surface area (Å²) >= 11 is 17.4. The number of fused-ring (bicyclic) bond motifs is 1. The van der Waals surface area contributed by atoms with Crippen LogP contribution in [0, 0.1) is 20.8 Å². The molecular weight excluding hydrogens is 505 g/mol. The molecule has 0 radical (unpaired) electrons. The number of ether oxygens (including phenoxy) is 1. The average molecular weight is 528 g/mol. The third-order valence-corrected chi connectivity index (χ3v) is 6.09. The molecule has 9 heteroatoms. The molecule has 0 aliphatic carbocycles. The van der Waals surface area contributed by atoms with Crippen molar-refractivity contribution in [1.29, 1.82) is 0 Å². The number of thiocarbonyl (C=S) groups is 1. The lowest BCUT2D eigenvalue weighted by molar-refractivity contribution is -0.125. The van der Waals surface area contributed by atoms with Gasteiger partial charge < -0.3 is 14.5 Å². The third kappa shape index (κ3) is 5.75. The Morgan fingerprint density at radius 3 is 2.57 bits per heavy atom. The van der Waals surface area contributed by atoms with Crippen molar-refractivity contribution >= 4 is 63.2 Å². The van der Waals surface area contributed by atoms with E-state index < -0.39 is 12.0 Å². The van der Waals surface area contributed by atoms with E-state index in [0.717, 1.165) is 39.0 Å². The van der Waals surface area contributed by atoms with Crippen molar-refractivity contribution < 1.29 is 13.9 Å². The standard InChI is InChI=1S/C26H23Cl2N3O3S/c1-13-9-15(3)23-21(10-13)29-25(34-23)17-6-5-14(2)20(11-17)30-26(35)31-24(32)16(4)33-22-8-7-18(27)12-19(22)28/h5-12,16H,1-4H3,(H2,30,31,32,35). The van der Waals surface area contributed by atoms with Gasteiger partial charge in [-0.3, -0.25) is 10.1 Å². The molecule has 3 aromatic carbocycles. The zero-order valence-corrected chi connectivity index (χ0v) is 21.9. The number of carbonyl (C=O) groups is 1. The lowest BCUT2D eigenvalue weighted by atomic mass is 10.1. The van der Waals surface area contributed by atoms with Gasteiger partial charge in [0.2, 0.25) is 5.89 Å². The summed E-state index contributed by atoms with van der Waals surface area (Å²) in [6.07, 6.45) is -0.840. The maximum atomic E-state index is 12.6. The molecule has 180 valence electrons. The Morgan fingerprint density at radius 1 is 1.06 bits per heavy atom. The summed E-state index contributed by atoms with van der Waals surface area (Å²) in [7, 11) is 0. The summed E-state index contributed by atoms with van der Waals surface area (Å²) in [6.45, 7) is 7.56. The van der Waals surface area contributed by atoms with E-state index in [4.69, 9.17) is 44.6 Å². The monoisotopic (exact) mass is 527 g/mol. The topological polar surface area (TPSA) is 76.4 Å². The molecule has 0 spiro atoms. The molecule has 35 heavy (non-hydrogen) atoms. The van der Waals surface area contributed by atoms with Crippen molar-refractivity contribution in [3.05, 3.63) is 75.3 Å². The van der Waals surface area contributed by atoms with Gasteiger partial charge in [-0.1, -0.05) is 35.3 Å². The molecule has 0 fully saturated rings. The average Bonchev–Trinajstić information content (AvgIpc) is 3.21. The van der Waals surface area contributed by atoms with Gasteiger partial charge in [0.05, 0.1) is 5.02 Å². The van der Waals surface area contributed by atoms with Crippen molar-refractivity contribution in [2.75, 3.05) is 5.32 Å². The largest absolute Gasteiger partial charge is 0.479 e. The van der Waals surface area contributed by atoms with E-state index >= 15 is 0 Å². The quantitative estimate of drug-likeness (QED) is 0.272. The third-order valence-electron chi connectivity index (χ3n) is 5.36. The number of anilines is 1. The van der Waals surface area contributed by atoms with Crippen LogP contribution in [0.3, 0.4) is 0 Å². The number of aryl methyl sites for hydroxylation is 3. The molecule has 1 atom stereocenters. The molecule has 1 unspecified atom stereocenters. The molecular formula is C26H23Cl2N3O3S. The van der Waals surface area contributed by atoms with E-state index in [9.17, 15) is 4.79 Å². The summed E-state index contributed by atoms with van der Waals surface area (Å²) in [4.78, 5) is 17.2. The van der Waals surface area contributed by atoms with Gasteiger partial charge in [-0.25, -0.2) is 4.98 Å². The van der Waals surface area contributed by atoms with Gasteiger partial charge in [0.15, 0.2) is 16.8 Å². The van der Waals surface area contributed by atoms with Crippen LogP contribution < -0.4 is 15.4 Å². The van der Waals surface area contributed by atoms with Gasteiger partial charge in [0.1, 0.15) is 11.3 Å². The fraction of sp³-hybridized carbons (Fsp3) is 0.192. The van der Waals surface area contributed by atoms with E-state index in [-0.39, 0.29) is 5.11 Å². The molecule has 6 nitrogen and oxygen atoms in total. The Balaban J connectivity index is 1.46. The fourth-order valence-electron chi connectivity index (χ4n) is 3.57. The number of carbonyl (C=O) groups excluding carboxylic acids is 1. The summed E-state index contributed by atoms with van der Waals surface area (Å²) in [5, 5.41) is 6.65. The fourth-order valence-corrected chi connectivity index (χ4v) is 4.24. The second-order valence-electron chi connectivity index (χ2n) is 8.26. The highest BCUT2D eigenvalue weighted by molar-refractivity contribution is 7.80. The Bertz CT molecular complexity index is 1450. The van der Waals surface area contributed by atoms with Gasteiger partial charge in [0, 0.05) is 16.3 Å². The Kier molecular flexibility index (Phi) is 7.31. The van der Waals surface area contributed by atoms with Crippen LogP contribution >= 0.6 is 35.4 Å². The number of benzene rings is 3. The number of nitrogens with zero attached hydrogens (tertiary/aromatic N) is 1. The second kappa shape index (κ2) is 10.2. The molecule has 0 bridgehead atoms. The van der Waals surface area contributed by atoms with Crippen LogP contribution in [0.2, 0.25) is 10.0 Å². The van der Waals surface area contributed by atoms with Crippen LogP contribution in [-0.2, 0) is 4.79 Å². The molecule has 0 aliphatic rings. The highest BCUT2D eigenvalue weighted by Gasteiger charge is 2.18. The number of oxazole rings is 1. The summed E-state index contributed by atoms with van der Waals surface area (Å²) in [6, 6.07) is 14.6. The smallest absolute Gasteiger partial charge is 0.266 e. The predicted octanol–water partition coefficient (Wildman–Crippen LogP) is 7.01. The van der Waals surface area contributed by atoms with E-state index in [2.05, 4.69) is 21.7 Å². The molecule has 0 saturated carbocycles. The number of nitrogens with one attached hydrogen (secondary N) is 2. The van der Waals surface area contributed by atoms with E-state index in [1.165, 1.54) is 0 Å². The summed E-state index contributed by atoms with van der Waals surface area (Å²) < 4.78 is 11.7. The molecule has 1 heterocycles. The van der Waals surface area contributed by atoms with Crippen molar-refractivity contribution in [2.45, 2.75) is 33.8 Å². The van der Waals surface area contributed by atoms with Crippen LogP contribution in [0.5, 0.6) is 5.75 Å². The maximum absolute atomic E-state index is 12.6. The van der Waals surface area contributed by atoms with Crippen LogP contribution in [-0.4, -0.2) is 22.1 Å². The minimum absolute atomic E-state index is 0.136. The number of halogens is 2. The zero-order chi connectivity index (χ0) is 25.3. The van der Waals surface area contributed by atoms with Gasteiger partial charge in [-0.05, 0) is 93.0 Å². The van der Waals surface area contributed by atoms with Crippen LogP contribution in [0.4, 0.5) is 5.69 Å². The first-order chi connectivity index (χ1) is 16.6. The maximum Gasteiger partial charge on any atom is 0.266 e. The van der Waals surface area contributed by atoms with Gasteiger partial charge in [-0.15, -0.1) is 0 Å². The Labute approximate surface area is 218 Å². The number of hydrogen-bond donors (Lipinski definition) is 2. The molecule has 0 aliphatic heterocycles. The molecule has 1 aromatic heterocycles. The van der Waals surface area contributed by atoms with E-state index in [1.807, 2.05) is 45.0 Å². The predicted molar refractivity (Wildman–Crippen MR) is 145 cm³/mol. The lowest BCUT2D eigenvalue weighted by Crippen LogP contribution is -2.42. The normalized spacial score (nSPS) is 11.8. The van der Waals surface area contributed by atoms with Crippen molar-refractivity contribution in [3.63, 3.8) is 0 Å². The van der Waals surface area contributed by atoms with Crippen LogP contribution in [0.15, 0.2) is 52.9 Å². The van der Waals surface area contributed by atoms with E-state index in [0.29, 0.717) is 21.7 Å². The number of hydrogen-bond acceptors (Lipinski definition) is 5. The Hall–Kier alpha value is -3.13. The Morgan fingerprint density at radius 2 is 1.83 bits per heavy atom. The SMILES string of the molecule is Cc1cc(C)c2oc(-c3ccc(C)c(NC(=S)NC(=O)C(C)Oc4ccc(Cl)cc4Cl)c3)nc2c1. The first kappa shape index (κ1) is 25.0. The lowest BCUT2D eigenvalue weighted by Gasteiger charge is -2.17. The minimum atomic E-state index is -0.840. The van der Waals surface area contributed by atoms with Crippen LogP contribution in [0.1, 0.15) is 23.6 Å². The first-order valence-corrected chi connectivity index (χ1v) is 12.0. The first-order valence-electron chi connectivity index (χ1n) is 10.8. The van der Waals surface area contributed by atoms with Crippen molar-refractivity contribution in [1.82, 2.24) is 10.3 Å². The number of rotatable bonds is 5. The highest BCUT2D eigenvalue weighted by atomic mass is 35.5. The molecule has 1 amide bonds. The summed E-state index contributed by atoms with van der Waals surface area (Å²) in [5.74, 6) is 0.436. The van der Waals surface area contributed by atoms with Crippen molar-refractivity contribution in [2.24, 2.45) is 0 Å². The highest BCUT2D eigenvalue weighted by Crippen LogP contribution is 2.30. The minimum Gasteiger partial charge on any atom is -0.479 e. The van der Waals surface area contributed by atoms with Gasteiger partial charge in [0.25, 0.3) is 5.91 Å².